The summed E-state index contributed by atoms with van der Waals surface area (Å²) in [5.74, 6) is 0.484. The van der Waals surface area contributed by atoms with Crippen LogP contribution in [0, 0.1) is 19.8 Å². The number of aromatic nitrogens is 2. The largest absolute Gasteiger partial charge is 0.348 e. The van der Waals surface area contributed by atoms with E-state index in [1.807, 2.05) is 27.0 Å². The molecular formula is C12H21N3O. The molecule has 1 aromatic rings. The number of nitrogens with one attached hydrogen (secondary N) is 1. The summed E-state index contributed by atoms with van der Waals surface area (Å²) in [6.45, 7) is 8.75. The molecule has 1 N–H and O–H groups in total. The van der Waals surface area contributed by atoms with E-state index in [0.717, 1.165) is 11.4 Å². The maximum absolute atomic E-state index is 11.8. The quantitative estimate of drug-likeness (QED) is 0.831. The van der Waals surface area contributed by atoms with Crippen molar-refractivity contribution < 1.29 is 0 Å². The molecular weight excluding hydrogens is 202 g/mol. The molecule has 1 aromatic heterocycles. The monoisotopic (exact) mass is 223 g/mol. The molecule has 0 amide bonds. The summed E-state index contributed by atoms with van der Waals surface area (Å²) >= 11 is 0. The van der Waals surface area contributed by atoms with Crippen molar-refractivity contribution in [3.05, 3.63) is 27.9 Å². The SMILES string of the molecule is CNC(Cn1c(C)cc(C)nc1=O)C(C)C. The zero-order valence-electron chi connectivity index (χ0n) is 10.7. The Bertz CT molecular complexity index is 409. The average molecular weight is 223 g/mol. The second-order valence-corrected chi connectivity index (χ2v) is 4.57. The summed E-state index contributed by atoms with van der Waals surface area (Å²) in [7, 11) is 1.92. The summed E-state index contributed by atoms with van der Waals surface area (Å²) < 4.78 is 1.73. The zero-order valence-corrected chi connectivity index (χ0v) is 10.7. The highest BCUT2D eigenvalue weighted by molar-refractivity contribution is 5.06. The molecule has 0 aromatic carbocycles. The third-order valence-corrected chi connectivity index (χ3v) is 2.90. The molecule has 1 unspecified atom stereocenters. The normalized spacial score (nSPS) is 13.1. The smallest absolute Gasteiger partial charge is 0.315 e. The van der Waals surface area contributed by atoms with Crippen molar-refractivity contribution in [1.82, 2.24) is 14.9 Å². The van der Waals surface area contributed by atoms with Gasteiger partial charge in [-0.2, -0.15) is 4.98 Å². The minimum atomic E-state index is -0.154. The lowest BCUT2D eigenvalue weighted by Gasteiger charge is -2.22. The molecule has 0 aliphatic rings. The number of aryl methyl sites for hydroxylation is 2. The molecule has 0 aliphatic carbocycles. The van der Waals surface area contributed by atoms with Gasteiger partial charge in [0.05, 0.1) is 0 Å². The Morgan fingerprint density at radius 1 is 1.44 bits per heavy atom. The van der Waals surface area contributed by atoms with Crippen molar-refractivity contribution in [1.29, 1.82) is 0 Å². The number of rotatable bonds is 4. The fourth-order valence-corrected chi connectivity index (χ4v) is 1.83. The molecule has 0 radical (unpaired) electrons. The molecule has 0 fully saturated rings. The highest BCUT2D eigenvalue weighted by Crippen LogP contribution is 2.05. The van der Waals surface area contributed by atoms with Crippen LogP contribution in [0.25, 0.3) is 0 Å². The first-order chi connectivity index (χ1) is 7.45. The van der Waals surface area contributed by atoms with Gasteiger partial charge in [0.25, 0.3) is 0 Å². The highest BCUT2D eigenvalue weighted by Gasteiger charge is 2.13. The Kier molecular flexibility index (Phi) is 4.24. The number of hydrogen-bond donors (Lipinski definition) is 1. The predicted molar refractivity (Wildman–Crippen MR) is 65.7 cm³/mol. The topological polar surface area (TPSA) is 46.9 Å². The van der Waals surface area contributed by atoms with Gasteiger partial charge in [-0.15, -0.1) is 0 Å². The van der Waals surface area contributed by atoms with Crippen molar-refractivity contribution >= 4 is 0 Å². The molecule has 1 atom stereocenters. The standard InChI is InChI=1S/C12H21N3O/c1-8(2)11(13-5)7-15-10(4)6-9(3)14-12(15)16/h6,8,11,13H,7H2,1-5H3. The van der Waals surface area contributed by atoms with Crippen molar-refractivity contribution in [3.63, 3.8) is 0 Å². The van der Waals surface area contributed by atoms with E-state index in [1.165, 1.54) is 0 Å². The summed E-state index contributed by atoms with van der Waals surface area (Å²) in [4.78, 5) is 15.7. The van der Waals surface area contributed by atoms with Gasteiger partial charge in [-0.05, 0) is 32.9 Å². The molecule has 1 heterocycles. The van der Waals surface area contributed by atoms with E-state index in [0.29, 0.717) is 18.5 Å². The van der Waals surface area contributed by atoms with Crippen LogP contribution >= 0.6 is 0 Å². The van der Waals surface area contributed by atoms with E-state index in [9.17, 15) is 4.79 Å². The van der Waals surface area contributed by atoms with Crippen LogP contribution in [0.1, 0.15) is 25.2 Å². The minimum Gasteiger partial charge on any atom is -0.315 e. The van der Waals surface area contributed by atoms with Gasteiger partial charge in [0.2, 0.25) is 0 Å². The molecule has 4 nitrogen and oxygen atoms in total. The van der Waals surface area contributed by atoms with Crippen LogP contribution in [0.2, 0.25) is 0 Å². The van der Waals surface area contributed by atoms with Gasteiger partial charge in [0, 0.05) is 24.0 Å². The number of hydrogen-bond acceptors (Lipinski definition) is 3. The van der Waals surface area contributed by atoms with Gasteiger partial charge in [-0.3, -0.25) is 4.57 Å². The molecule has 0 spiro atoms. The maximum atomic E-state index is 11.8. The maximum Gasteiger partial charge on any atom is 0.348 e. The van der Waals surface area contributed by atoms with Gasteiger partial charge in [0.1, 0.15) is 0 Å². The second kappa shape index (κ2) is 5.25. The van der Waals surface area contributed by atoms with Crippen LogP contribution in [0.5, 0.6) is 0 Å². The van der Waals surface area contributed by atoms with Crippen molar-refractivity contribution in [2.45, 2.75) is 40.3 Å². The van der Waals surface area contributed by atoms with Crippen LogP contribution < -0.4 is 11.0 Å². The lowest BCUT2D eigenvalue weighted by atomic mass is 10.0. The van der Waals surface area contributed by atoms with Crippen molar-refractivity contribution in [3.8, 4) is 0 Å². The molecule has 1 rings (SSSR count). The Morgan fingerprint density at radius 3 is 2.50 bits per heavy atom. The fraction of sp³-hybridized carbons (Fsp3) is 0.667. The van der Waals surface area contributed by atoms with Gasteiger partial charge >= 0.3 is 5.69 Å². The van der Waals surface area contributed by atoms with Gasteiger partial charge in [-0.1, -0.05) is 13.8 Å². The fourth-order valence-electron chi connectivity index (χ4n) is 1.83. The van der Waals surface area contributed by atoms with Crippen LogP contribution in [-0.4, -0.2) is 22.6 Å². The van der Waals surface area contributed by atoms with Gasteiger partial charge in [0.15, 0.2) is 0 Å². The van der Waals surface area contributed by atoms with E-state index >= 15 is 0 Å². The van der Waals surface area contributed by atoms with Crippen molar-refractivity contribution in [2.24, 2.45) is 5.92 Å². The van der Waals surface area contributed by atoms with Crippen LogP contribution in [-0.2, 0) is 6.54 Å². The lowest BCUT2D eigenvalue weighted by molar-refractivity contribution is 0.367. The minimum absolute atomic E-state index is 0.154. The molecule has 0 saturated heterocycles. The van der Waals surface area contributed by atoms with E-state index in [1.54, 1.807) is 4.57 Å². The number of likely N-dealkylation sites (N-methyl/N-ethyl adjacent to an activating group) is 1. The molecule has 4 heteroatoms. The Balaban J connectivity index is 3.01. The molecule has 0 aliphatic heterocycles. The first-order valence-corrected chi connectivity index (χ1v) is 5.68. The van der Waals surface area contributed by atoms with E-state index in [2.05, 4.69) is 24.1 Å². The first kappa shape index (κ1) is 12.9. The van der Waals surface area contributed by atoms with Crippen LogP contribution in [0.15, 0.2) is 10.9 Å². The molecule has 0 saturated carbocycles. The molecule has 90 valence electrons. The summed E-state index contributed by atoms with van der Waals surface area (Å²) in [5.41, 5.74) is 1.60. The molecule has 16 heavy (non-hydrogen) atoms. The van der Waals surface area contributed by atoms with E-state index in [-0.39, 0.29) is 5.69 Å². The summed E-state index contributed by atoms with van der Waals surface area (Å²) in [6.07, 6.45) is 0. The van der Waals surface area contributed by atoms with E-state index in [4.69, 9.17) is 0 Å². The predicted octanol–water partition coefficient (Wildman–Crippen LogP) is 1.10. The third-order valence-electron chi connectivity index (χ3n) is 2.90. The third kappa shape index (κ3) is 2.92. The van der Waals surface area contributed by atoms with Crippen LogP contribution in [0.4, 0.5) is 0 Å². The first-order valence-electron chi connectivity index (χ1n) is 5.68. The summed E-state index contributed by atoms with van der Waals surface area (Å²) in [6, 6.07) is 2.23. The van der Waals surface area contributed by atoms with Gasteiger partial charge in [-0.25, -0.2) is 4.79 Å². The Labute approximate surface area is 96.7 Å². The number of nitrogens with zero attached hydrogens (tertiary/aromatic N) is 2. The lowest BCUT2D eigenvalue weighted by Crippen LogP contribution is -2.39. The van der Waals surface area contributed by atoms with Crippen molar-refractivity contribution in [2.75, 3.05) is 7.05 Å². The average Bonchev–Trinajstić information content (AvgIpc) is 2.15. The second-order valence-electron chi connectivity index (χ2n) is 4.57. The van der Waals surface area contributed by atoms with Crippen LogP contribution in [0.3, 0.4) is 0 Å². The highest BCUT2D eigenvalue weighted by atomic mass is 16.1. The van der Waals surface area contributed by atoms with E-state index < -0.39 is 0 Å². The van der Waals surface area contributed by atoms with Gasteiger partial charge < -0.3 is 5.32 Å². The Morgan fingerprint density at radius 2 is 2.06 bits per heavy atom. The molecule has 0 bridgehead atoms. The summed E-state index contributed by atoms with van der Waals surface area (Å²) in [5, 5.41) is 3.23. The zero-order chi connectivity index (χ0) is 12.3. The Hall–Kier alpha value is -1.16.